The number of hydrogen-bond acceptors (Lipinski definition) is 6. The van der Waals surface area contributed by atoms with E-state index in [-0.39, 0.29) is 16.5 Å². The Labute approximate surface area is 182 Å². The van der Waals surface area contributed by atoms with Crippen molar-refractivity contribution in [3.63, 3.8) is 0 Å². The van der Waals surface area contributed by atoms with Crippen LogP contribution in [0, 0.1) is 10.1 Å². The molecule has 8 nitrogen and oxygen atoms in total. The predicted molar refractivity (Wildman–Crippen MR) is 120 cm³/mol. The minimum atomic E-state index is -0.386. The largest absolute Gasteiger partial charge is 0.366 e. The first-order valence-corrected chi connectivity index (χ1v) is 11.0. The van der Waals surface area contributed by atoms with Gasteiger partial charge >= 0.3 is 0 Å². The summed E-state index contributed by atoms with van der Waals surface area (Å²) in [5.74, 6) is -0.301. The molecule has 0 saturated carbocycles. The van der Waals surface area contributed by atoms with Crippen molar-refractivity contribution >= 4 is 17.3 Å². The van der Waals surface area contributed by atoms with Crippen molar-refractivity contribution in [3.05, 3.63) is 69.8 Å². The predicted octanol–water partition coefficient (Wildman–Crippen LogP) is 3.05. The van der Waals surface area contributed by atoms with Crippen LogP contribution in [-0.2, 0) is 6.54 Å². The number of amides is 1. The summed E-state index contributed by atoms with van der Waals surface area (Å²) in [5, 5.41) is 13.5. The average molecular weight is 424 g/mol. The Hall–Kier alpha value is -2.97. The van der Waals surface area contributed by atoms with E-state index >= 15 is 0 Å². The first-order chi connectivity index (χ1) is 15.1. The van der Waals surface area contributed by atoms with Crippen molar-refractivity contribution in [2.24, 2.45) is 0 Å². The summed E-state index contributed by atoms with van der Waals surface area (Å²) in [6.45, 7) is 5.66. The Morgan fingerprint density at radius 3 is 2.32 bits per heavy atom. The molecule has 2 aromatic carbocycles. The summed E-state index contributed by atoms with van der Waals surface area (Å²) in [7, 11) is 0. The topological polar surface area (TPSA) is 82.0 Å². The molecular formula is C23H29N5O3. The Morgan fingerprint density at radius 2 is 1.65 bits per heavy atom. The van der Waals surface area contributed by atoms with E-state index in [1.54, 1.807) is 12.1 Å². The van der Waals surface area contributed by atoms with Crippen LogP contribution in [0.3, 0.4) is 0 Å². The summed E-state index contributed by atoms with van der Waals surface area (Å²) in [4.78, 5) is 28.4. The van der Waals surface area contributed by atoms with Gasteiger partial charge in [0.05, 0.1) is 4.92 Å². The van der Waals surface area contributed by atoms with E-state index in [2.05, 4.69) is 27.4 Å². The van der Waals surface area contributed by atoms with Crippen LogP contribution in [0.2, 0.25) is 0 Å². The van der Waals surface area contributed by atoms with Crippen LogP contribution in [0.15, 0.2) is 48.5 Å². The zero-order valence-electron chi connectivity index (χ0n) is 17.7. The number of hydrogen-bond donors (Lipinski definition) is 1. The van der Waals surface area contributed by atoms with Gasteiger partial charge in [-0.1, -0.05) is 30.3 Å². The zero-order chi connectivity index (χ0) is 21.6. The van der Waals surface area contributed by atoms with Crippen LogP contribution in [-0.4, -0.2) is 60.0 Å². The maximum absolute atomic E-state index is 12.7. The fraction of sp³-hybridized carbons (Fsp3) is 0.435. The van der Waals surface area contributed by atoms with E-state index < -0.39 is 0 Å². The second-order valence-electron chi connectivity index (χ2n) is 8.20. The molecule has 2 heterocycles. The third-order valence-electron chi connectivity index (χ3n) is 6.01. The van der Waals surface area contributed by atoms with Gasteiger partial charge < -0.3 is 4.90 Å². The molecule has 8 heteroatoms. The van der Waals surface area contributed by atoms with Gasteiger partial charge in [-0.3, -0.25) is 25.2 Å². The SMILES string of the molecule is O=C(NN1CCN(Cc2ccccc2)CC1)c1ccc(N2CCCCC2)c([N+](=O)[O-])c1. The minimum absolute atomic E-state index is 0.00207. The van der Waals surface area contributed by atoms with Crippen molar-refractivity contribution in [1.82, 2.24) is 15.3 Å². The monoisotopic (exact) mass is 423 g/mol. The highest BCUT2D eigenvalue weighted by molar-refractivity contribution is 5.95. The van der Waals surface area contributed by atoms with Gasteiger partial charge in [-0.15, -0.1) is 0 Å². The van der Waals surface area contributed by atoms with E-state index in [1.165, 1.54) is 11.6 Å². The van der Waals surface area contributed by atoms with Crippen molar-refractivity contribution in [3.8, 4) is 0 Å². The van der Waals surface area contributed by atoms with E-state index in [4.69, 9.17) is 0 Å². The standard InChI is InChI=1S/C23H29N5O3/c29-23(24-27-15-13-25(14-16-27)18-19-7-3-1-4-8-19)20-9-10-21(22(17-20)28(30)31)26-11-5-2-6-12-26/h1,3-4,7-10,17H,2,5-6,11-16,18H2,(H,24,29). The van der Waals surface area contributed by atoms with Crippen LogP contribution in [0.4, 0.5) is 11.4 Å². The van der Waals surface area contributed by atoms with E-state index in [0.29, 0.717) is 24.3 Å². The van der Waals surface area contributed by atoms with E-state index in [9.17, 15) is 14.9 Å². The molecule has 0 unspecified atom stereocenters. The summed E-state index contributed by atoms with van der Waals surface area (Å²) >= 11 is 0. The molecule has 2 fully saturated rings. The highest BCUT2D eigenvalue weighted by atomic mass is 16.6. The van der Waals surface area contributed by atoms with Crippen LogP contribution in [0.25, 0.3) is 0 Å². The quantitative estimate of drug-likeness (QED) is 0.568. The van der Waals surface area contributed by atoms with Crippen molar-refractivity contribution in [2.75, 3.05) is 44.2 Å². The number of carbonyl (C=O) groups is 1. The molecule has 0 atom stereocenters. The minimum Gasteiger partial charge on any atom is -0.366 e. The third kappa shape index (κ3) is 5.39. The number of rotatable bonds is 6. The molecule has 164 valence electrons. The molecule has 2 saturated heterocycles. The molecule has 1 amide bonds. The second kappa shape index (κ2) is 9.89. The van der Waals surface area contributed by atoms with Crippen LogP contribution in [0.1, 0.15) is 35.2 Å². The number of piperidine rings is 1. The van der Waals surface area contributed by atoms with Gasteiger partial charge in [0.25, 0.3) is 11.6 Å². The van der Waals surface area contributed by atoms with Gasteiger partial charge in [0.2, 0.25) is 0 Å². The lowest BCUT2D eigenvalue weighted by Gasteiger charge is -2.34. The molecule has 4 rings (SSSR count). The molecule has 0 aromatic heterocycles. The fourth-order valence-corrected chi connectivity index (χ4v) is 4.28. The first-order valence-electron chi connectivity index (χ1n) is 11.0. The fourth-order valence-electron chi connectivity index (χ4n) is 4.28. The molecule has 2 aromatic rings. The molecule has 0 radical (unpaired) electrons. The van der Waals surface area contributed by atoms with Crippen molar-refractivity contribution in [2.45, 2.75) is 25.8 Å². The molecule has 0 spiro atoms. The van der Waals surface area contributed by atoms with Crippen LogP contribution in [0.5, 0.6) is 0 Å². The Balaban J connectivity index is 1.35. The molecular weight excluding hydrogens is 394 g/mol. The highest BCUT2D eigenvalue weighted by Gasteiger charge is 2.24. The first kappa shape index (κ1) is 21.3. The Morgan fingerprint density at radius 1 is 0.935 bits per heavy atom. The second-order valence-corrected chi connectivity index (χ2v) is 8.20. The maximum Gasteiger partial charge on any atom is 0.293 e. The highest BCUT2D eigenvalue weighted by Crippen LogP contribution is 2.31. The van der Waals surface area contributed by atoms with Crippen LogP contribution < -0.4 is 10.3 Å². The number of nitro benzene ring substituents is 1. The lowest BCUT2D eigenvalue weighted by molar-refractivity contribution is -0.384. The maximum atomic E-state index is 12.7. The van der Waals surface area contributed by atoms with E-state index in [1.807, 2.05) is 23.2 Å². The third-order valence-corrected chi connectivity index (χ3v) is 6.01. The zero-order valence-corrected chi connectivity index (χ0v) is 17.7. The number of benzene rings is 2. The summed E-state index contributed by atoms with van der Waals surface area (Å²) in [5.41, 5.74) is 5.12. The number of anilines is 1. The average Bonchev–Trinajstić information content (AvgIpc) is 2.81. The van der Waals surface area contributed by atoms with Crippen LogP contribution >= 0.6 is 0 Å². The van der Waals surface area contributed by atoms with Gasteiger partial charge in [-0.05, 0) is 37.0 Å². The number of nitrogens with zero attached hydrogens (tertiary/aromatic N) is 4. The smallest absolute Gasteiger partial charge is 0.293 e. The Bertz CT molecular complexity index is 907. The van der Waals surface area contributed by atoms with Gasteiger partial charge in [0.1, 0.15) is 5.69 Å². The number of hydrazine groups is 1. The lowest BCUT2D eigenvalue weighted by atomic mass is 10.1. The molecule has 0 bridgehead atoms. The molecule has 1 N–H and O–H groups in total. The number of piperazine rings is 1. The molecule has 31 heavy (non-hydrogen) atoms. The number of nitro groups is 1. The Kier molecular flexibility index (Phi) is 6.79. The normalized spacial score (nSPS) is 18.0. The van der Waals surface area contributed by atoms with Crippen molar-refractivity contribution < 1.29 is 9.72 Å². The summed E-state index contributed by atoms with van der Waals surface area (Å²) in [6.07, 6.45) is 3.23. The lowest BCUT2D eigenvalue weighted by Crippen LogP contribution is -2.53. The van der Waals surface area contributed by atoms with Crippen molar-refractivity contribution in [1.29, 1.82) is 0 Å². The van der Waals surface area contributed by atoms with Gasteiger partial charge in [0.15, 0.2) is 0 Å². The molecule has 2 aliphatic heterocycles. The molecule has 0 aliphatic carbocycles. The van der Waals surface area contributed by atoms with Gasteiger partial charge in [-0.2, -0.15) is 0 Å². The van der Waals surface area contributed by atoms with E-state index in [0.717, 1.165) is 52.0 Å². The number of nitrogens with one attached hydrogen (secondary N) is 1. The van der Waals surface area contributed by atoms with Gasteiger partial charge in [-0.25, -0.2) is 5.01 Å². The summed E-state index contributed by atoms with van der Waals surface area (Å²) < 4.78 is 0. The summed E-state index contributed by atoms with van der Waals surface area (Å²) in [6, 6.07) is 15.2. The van der Waals surface area contributed by atoms with Gasteiger partial charge in [0, 0.05) is 57.4 Å². The molecule has 2 aliphatic rings. The number of carbonyl (C=O) groups excluding carboxylic acids is 1.